The fraction of sp³-hybridized carbons (Fsp3) is 0.160. The van der Waals surface area contributed by atoms with Crippen molar-refractivity contribution in [3.05, 3.63) is 139 Å². The Morgan fingerprint density at radius 1 is 0.509 bits per heavy atom. The van der Waals surface area contributed by atoms with E-state index in [1.54, 1.807) is 0 Å². The molecule has 2 nitrogen and oxygen atoms in total. The van der Waals surface area contributed by atoms with Crippen molar-refractivity contribution >= 4 is 114 Å². The molecule has 0 aliphatic carbocycles. The molecule has 0 unspecified atom stereocenters. The Bertz CT molecular complexity index is 3220. The van der Waals surface area contributed by atoms with Crippen LogP contribution in [0.1, 0.15) is 52.7 Å². The summed E-state index contributed by atoms with van der Waals surface area (Å²) in [6.07, 6.45) is 0. The van der Waals surface area contributed by atoms with E-state index < -0.39 is 0 Å². The molecule has 5 heteroatoms. The highest BCUT2D eigenvalue weighted by atomic mass is 32.1. The van der Waals surface area contributed by atoms with Crippen LogP contribution in [0.3, 0.4) is 0 Å². The Morgan fingerprint density at radius 2 is 1.15 bits per heavy atom. The molecule has 0 atom stereocenters. The molecule has 0 saturated heterocycles. The third kappa shape index (κ3) is 5.06. The van der Waals surface area contributed by atoms with E-state index >= 15 is 0 Å². The molecule has 4 heterocycles. The van der Waals surface area contributed by atoms with E-state index in [0.717, 1.165) is 11.4 Å². The highest BCUT2D eigenvalue weighted by molar-refractivity contribution is 7.26. The van der Waals surface area contributed by atoms with Crippen LogP contribution >= 0.6 is 22.7 Å². The van der Waals surface area contributed by atoms with Crippen molar-refractivity contribution in [2.24, 2.45) is 0 Å². The summed E-state index contributed by atoms with van der Waals surface area (Å²) in [5.74, 6) is 0. The third-order valence-electron chi connectivity index (χ3n) is 11.7. The summed E-state index contributed by atoms with van der Waals surface area (Å²) >= 11 is 3.79. The van der Waals surface area contributed by atoms with Crippen molar-refractivity contribution in [2.45, 2.75) is 52.4 Å². The molecule has 1 aliphatic heterocycles. The summed E-state index contributed by atoms with van der Waals surface area (Å²) in [6.45, 7) is 13.7. The number of rotatable bonds is 3. The fourth-order valence-corrected chi connectivity index (χ4v) is 11.0. The van der Waals surface area contributed by atoms with Crippen LogP contribution < -0.4 is 16.2 Å². The molecular weight excluding hydrogens is 704 g/mol. The predicted octanol–water partition coefficient (Wildman–Crippen LogP) is 13.5. The summed E-state index contributed by atoms with van der Waals surface area (Å²) in [6, 6.07) is 48.2. The van der Waals surface area contributed by atoms with Gasteiger partial charge in [-0.3, -0.25) is 0 Å². The summed E-state index contributed by atoms with van der Waals surface area (Å²) in [5.41, 5.74) is 13.7. The zero-order chi connectivity index (χ0) is 37.4. The van der Waals surface area contributed by atoms with Crippen molar-refractivity contribution in [2.75, 3.05) is 5.32 Å². The van der Waals surface area contributed by atoms with Crippen LogP contribution in [0.5, 0.6) is 0 Å². The number of benzene rings is 7. The van der Waals surface area contributed by atoms with Gasteiger partial charge >= 0.3 is 0 Å². The van der Waals surface area contributed by atoms with E-state index in [0.29, 0.717) is 0 Å². The maximum Gasteiger partial charge on any atom is 0.197 e. The molecule has 0 bridgehead atoms. The Kier molecular flexibility index (Phi) is 6.95. The predicted molar refractivity (Wildman–Crippen MR) is 244 cm³/mol. The van der Waals surface area contributed by atoms with Crippen LogP contribution in [0.4, 0.5) is 11.4 Å². The highest BCUT2D eigenvalue weighted by Crippen LogP contribution is 2.44. The molecule has 3 aromatic heterocycles. The Labute approximate surface area is 330 Å². The first-order valence-electron chi connectivity index (χ1n) is 19.2. The van der Waals surface area contributed by atoms with Gasteiger partial charge in [0.15, 0.2) is 7.28 Å². The van der Waals surface area contributed by atoms with Crippen molar-refractivity contribution in [3.63, 3.8) is 0 Å². The summed E-state index contributed by atoms with van der Waals surface area (Å²) < 4.78 is 7.91. The standard InChI is InChI=1S/C50H40BN2S2/c1-49(2,3)28-15-18-30(19-16-28)52-40-22-17-29(50(4,5)6)23-35(40)33-20-21-34-36-24-37-31-11-7-9-13-43(31)54-45(37)26-41(36)53-42-27-46-38(25-39(42)51-47(33)48(34)53)32-12-8-10-14-44(32)55-46/h7-27,52H,1-6H3. The van der Waals surface area contributed by atoms with Crippen LogP contribution in [0.15, 0.2) is 127 Å². The zero-order valence-electron chi connectivity index (χ0n) is 32.0. The smallest absolute Gasteiger partial charge is 0.197 e. The number of hydrogen-bond donors (Lipinski definition) is 1. The molecule has 0 spiro atoms. The van der Waals surface area contributed by atoms with E-state index in [9.17, 15) is 0 Å². The molecular formula is C50H40BN2S2. The Balaban J connectivity index is 1.20. The van der Waals surface area contributed by atoms with Gasteiger partial charge < -0.3 is 9.88 Å². The van der Waals surface area contributed by atoms with Crippen molar-refractivity contribution in [1.82, 2.24) is 4.57 Å². The maximum absolute atomic E-state index is 3.86. The van der Waals surface area contributed by atoms with Gasteiger partial charge in [-0.1, -0.05) is 120 Å². The number of nitrogens with one attached hydrogen (secondary N) is 1. The summed E-state index contributed by atoms with van der Waals surface area (Å²) in [5, 5.41) is 11.8. The number of fused-ring (bicyclic) bond motifs is 11. The summed E-state index contributed by atoms with van der Waals surface area (Å²) in [7, 11) is 2.47. The van der Waals surface area contributed by atoms with Crippen molar-refractivity contribution < 1.29 is 0 Å². The van der Waals surface area contributed by atoms with E-state index in [-0.39, 0.29) is 10.8 Å². The lowest BCUT2D eigenvalue weighted by Crippen LogP contribution is -2.37. The average molecular weight is 744 g/mol. The second-order valence-corrected chi connectivity index (χ2v) is 19.5. The van der Waals surface area contributed by atoms with E-state index in [1.807, 2.05) is 22.7 Å². The minimum absolute atomic E-state index is 0.00564. The van der Waals surface area contributed by atoms with Gasteiger partial charge in [0, 0.05) is 73.9 Å². The quantitative estimate of drug-likeness (QED) is 0.178. The van der Waals surface area contributed by atoms with Crippen LogP contribution in [-0.2, 0) is 10.8 Å². The van der Waals surface area contributed by atoms with Crippen molar-refractivity contribution in [3.8, 4) is 16.8 Å². The molecule has 11 rings (SSSR count). The molecule has 0 fully saturated rings. The molecule has 10 aromatic rings. The van der Waals surface area contributed by atoms with Gasteiger partial charge in [0.1, 0.15) is 0 Å². The molecule has 7 aromatic carbocycles. The second kappa shape index (κ2) is 11.6. The van der Waals surface area contributed by atoms with Gasteiger partial charge in [0.05, 0.1) is 5.52 Å². The van der Waals surface area contributed by atoms with Crippen LogP contribution in [0.2, 0.25) is 0 Å². The molecule has 55 heavy (non-hydrogen) atoms. The summed E-state index contributed by atoms with van der Waals surface area (Å²) in [4.78, 5) is 0. The van der Waals surface area contributed by atoms with Crippen LogP contribution in [0.25, 0.3) is 79.0 Å². The molecule has 0 amide bonds. The largest absolute Gasteiger partial charge is 0.355 e. The normalized spacial score (nSPS) is 13.1. The fourth-order valence-electron chi connectivity index (χ4n) is 8.77. The van der Waals surface area contributed by atoms with Gasteiger partial charge in [-0.2, -0.15) is 0 Å². The van der Waals surface area contributed by atoms with E-state index in [2.05, 4.69) is 186 Å². The van der Waals surface area contributed by atoms with Crippen LogP contribution in [-0.4, -0.2) is 11.8 Å². The Morgan fingerprint density at radius 3 is 1.84 bits per heavy atom. The maximum atomic E-state index is 3.86. The molecule has 0 saturated carbocycles. The van der Waals surface area contributed by atoms with E-state index in [1.165, 1.54) is 101 Å². The minimum atomic E-state index is -0.00564. The zero-order valence-corrected chi connectivity index (χ0v) is 33.6. The number of anilines is 2. The number of thiophene rings is 2. The van der Waals surface area contributed by atoms with Gasteiger partial charge in [0.2, 0.25) is 0 Å². The minimum Gasteiger partial charge on any atom is -0.355 e. The van der Waals surface area contributed by atoms with Gasteiger partial charge in [-0.15, -0.1) is 22.7 Å². The molecule has 265 valence electrons. The van der Waals surface area contributed by atoms with Gasteiger partial charge in [-0.25, -0.2) is 0 Å². The second-order valence-electron chi connectivity index (χ2n) is 17.3. The van der Waals surface area contributed by atoms with Crippen LogP contribution in [0, 0.1) is 0 Å². The van der Waals surface area contributed by atoms with Gasteiger partial charge in [-0.05, 0) is 93.0 Å². The number of hydrogen-bond acceptors (Lipinski definition) is 3. The third-order valence-corrected chi connectivity index (χ3v) is 14.0. The first-order valence-corrected chi connectivity index (χ1v) is 20.9. The molecule has 1 N–H and O–H groups in total. The number of aromatic nitrogens is 1. The topological polar surface area (TPSA) is 17.0 Å². The Hall–Kier alpha value is -5.36. The lowest BCUT2D eigenvalue weighted by molar-refractivity contribution is 0.590. The highest BCUT2D eigenvalue weighted by Gasteiger charge is 2.29. The van der Waals surface area contributed by atoms with Crippen molar-refractivity contribution in [1.29, 1.82) is 0 Å². The molecule has 1 aliphatic rings. The molecule has 1 radical (unpaired) electrons. The first-order chi connectivity index (χ1) is 26.5. The monoisotopic (exact) mass is 743 g/mol. The SMILES string of the molecule is CC(C)(C)c1ccc(Nc2ccc(C(C)(C)C)cc2-c2ccc3c4cc5c(cc4n4c3c2[B]c2cc3c(cc2-4)sc2ccccc23)sc2ccccc25)cc1. The lowest BCUT2D eigenvalue weighted by atomic mass is 9.59. The number of nitrogens with zero attached hydrogens (tertiary/aromatic N) is 1. The van der Waals surface area contributed by atoms with Gasteiger partial charge in [0.25, 0.3) is 0 Å². The lowest BCUT2D eigenvalue weighted by Gasteiger charge is -2.26. The first kappa shape index (κ1) is 33.0. The van der Waals surface area contributed by atoms with E-state index in [4.69, 9.17) is 0 Å². The average Bonchev–Trinajstić information content (AvgIpc) is 3.82.